The molecular formula is C25H19N5O. The van der Waals surface area contributed by atoms with E-state index in [1.54, 1.807) is 10.8 Å². The molecule has 0 aliphatic carbocycles. The number of nitrogens with zero attached hydrogens (tertiary/aromatic N) is 4. The third-order valence-electron chi connectivity index (χ3n) is 5.03. The largest absolute Gasteiger partial charge is 0.326 e. The standard InChI is InChI=1S/C25H19N5O/c31-25(15-18-9-11-20(12-10-18)19-5-2-1-3-6-19)27-22-8-4-7-21(16-22)23-13-14-24-28-26-17-30(24)29-23/h1-14,16-17H,15H2,(H,27,31). The van der Waals surface area contributed by atoms with Crippen LogP contribution in [0.4, 0.5) is 5.69 Å². The van der Waals surface area contributed by atoms with Crippen molar-refractivity contribution in [3.05, 3.63) is 103 Å². The molecule has 6 nitrogen and oxygen atoms in total. The van der Waals surface area contributed by atoms with E-state index in [0.717, 1.165) is 33.6 Å². The molecule has 0 radical (unpaired) electrons. The van der Waals surface area contributed by atoms with Crippen molar-refractivity contribution in [2.45, 2.75) is 6.42 Å². The summed E-state index contributed by atoms with van der Waals surface area (Å²) in [7, 11) is 0. The first-order valence-corrected chi connectivity index (χ1v) is 9.96. The SMILES string of the molecule is O=C(Cc1ccc(-c2ccccc2)cc1)Nc1cccc(-c2ccc3nncn3n2)c1. The first-order valence-electron chi connectivity index (χ1n) is 9.96. The van der Waals surface area contributed by atoms with Gasteiger partial charge in [-0.25, -0.2) is 0 Å². The minimum Gasteiger partial charge on any atom is -0.326 e. The summed E-state index contributed by atoms with van der Waals surface area (Å²) >= 11 is 0. The summed E-state index contributed by atoms with van der Waals surface area (Å²) < 4.78 is 1.62. The summed E-state index contributed by atoms with van der Waals surface area (Å²) in [4.78, 5) is 12.6. The zero-order valence-corrected chi connectivity index (χ0v) is 16.6. The summed E-state index contributed by atoms with van der Waals surface area (Å²) in [5, 5.41) is 15.3. The van der Waals surface area contributed by atoms with Crippen LogP contribution in [0.2, 0.25) is 0 Å². The Kier molecular flexibility index (Phi) is 4.94. The van der Waals surface area contributed by atoms with Crippen molar-refractivity contribution < 1.29 is 4.79 Å². The summed E-state index contributed by atoms with van der Waals surface area (Å²) in [5.41, 5.74) is 6.36. The number of nitrogens with one attached hydrogen (secondary N) is 1. The highest BCUT2D eigenvalue weighted by atomic mass is 16.1. The van der Waals surface area contributed by atoms with Gasteiger partial charge in [0.25, 0.3) is 0 Å². The normalized spacial score (nSPS) is 10.8. The van der Waals surface area contributed by atoms with Crippen molar-refractivity contribution in [1.82, 2.24) is 19.8 Å². The Morgan fingerprint density at radius 3 is 2.42 bits per heavy atom. The molecule has 0 atom stereocenters. The predicted octanol–water partition coefficient (Wildman–Crippen LogP) is 4.64. The van der Waals surface area contributed by atoms with Gasteiger partial charge in [0.1, 0.15) is 6.33 Å². The number of aromatic nitrogens is 4. The van der Waals surface area contributed by atoms with Crippen molar-refractivity contribution in [2.24, 2.45) is 0 Å². The fourth-order valence-electron chi connectivity index (χ4n) is 3.47. The second-order valence-corrected chi connectivity index (χ2v) is 7.22. The third kappa shape index (κ3) is 4.18. The van der Waals surface area contributed by atoms with Crippen molar-refractivity contribution in [2.75, 3.05) is 5.32 Å². The van der Waals surface area contributed by atoms with Crippen LogP contribution in [-0.4, -0.2) is 25.7 Å². The van der Waals surface area contributed by atoms with Gasteiger partial charge >= 0.3 is 0 Å². The average molecular weight is 405 g/mol. The molecule has 31 heavy (non-hydrogen) atoms. The third-order valence-corrected chi connectivity index (χ3v) is 5.03. The summed E-state index contributed by atoms with van der Waals surface area (Å²) in [6, 6.07) is 29.7. The number of hydrogen-bond donors (Lipinski definition) is 1. The lowest BCUT2D eigenvalue weighted by Gasteiger charge is -2.08. The Morgan fingerprint density at radius 1 is 0.806 bits per heavy atom. The Morgan fingerprint density at radius 2 is 1.58 bits per heavy atom. The quantitative estimate of drug-likeness (QED) is 0.462. The monoisotopic (exact) mass is 405 g/mol. The van der Waals surface area contributed by atoms with Gasteiger partial charge in [-0.15, -0.1) is 10.2 Å². The predicted molar refractivity (Wildman–Crippen MR) is 120 cm³/mol. The maximum absolute atomic E-state index is 12.6. The molecule has 0 unspecified atom stereocenters. The lowest BCUT2D eigenvalue weighted by Crippen LogP contribution is -2.14. The zero-order chi connectivity index (χ0) is 21.0. The molecule has 0 spiro atoms. The van der Waals surface area contributed by atoms with Crippen molar-refractivity contribution in [3.8, 4) is 22.4 Å². The van der Waals surface area contributed by atoms with E-state index in [9.17, 15) is 4.79 Å². The van der Waals surface area contributed by atoms with Gasteiger partial charge in [-0.2, -0.15) is 9.61 Å². The van der Waals surface area contributed by atoms with Crippen molar-refractivity contribution >= 4 is 17.2 Å². The first kappa shape index (κ1) is 18.7. The van der Waals surface area contributed by atoms with E-state index in [4.69, 9.17) is 0 Å². The second-order valence-electron chi connectivity index (χ2n) is 7.22. The molecule has 0 aliphatic heterocycles. The Balaban J connectivity index is 1.28. The molecule has 2 aromatic heterocycles. The van der Waals surface area contributed by atoms with Gasteiger partial charge in [0.2, 0.25) is 5.91 Å². The highest BCUT2D eigenvalue weighted by Gasteiger charge is 2.08. The molecule has 1 amide bonds. The van der Waals surface area contributed by atoms with Gasteiger partial charge in [-0.1, -0.05) is 66.7 Å². The molecule has 0 saturated heterocycles. The van der Waals surface area contributed by atoms with Gasteiger partial charge in [0.15, 0.2) is 5.65 Å². The molecule has 0 aliphatic rings. The fraction of sp³-hybridized carbons (Fsp3) is 0.0400. The van der Waals surface area contributed by atoms with Crippen LogP contribution < -0.4 is 5.32 Å². The van der Waals surface area contributed by atoms with Crippen molar-refractivity contribution in [1.29, 1.82) is 0 Å². The topological polar surface area (TPSA) is 72.2 Å². The van der Waals surface area contributed by atoms with E-state index < -0.39 is 0 Å². The number of anilines is 1. The average Bonchev–Trinajstić information content (AvgIpc) is 3.28. The van der Waals surface area contributed by atoms with Gasteiger partial charge in [0, 0.05) is 11.3 Å². The number of hydrogen-bond acceptors (Lipinski definition) is 4. The highest BCUT2D eigenvalue weighted by Crippen LogP contribution is 2.22. The number of fused-ring (bicyclic) bond motifs is 1. The molecule has 5 rings (SSSR count). The molecule has 2 heterocycles. The van der Waals surface area contributed by atoms with Gasteiger partial charge in [-0.05, 0) is 41.0 Å². The van der Waals surface area contributed by atoms with E-state index in [0.29, 0.717) is 12.1 Å². The van der Waals surface area contributed by atoms with E-state index >= 15 is 0 Å². The molecule has 3 aromatic carbocycles. The Hall–Kier alpha value is -4.32. The van der Waals surface area contributed by atoms with Crippen LogP contribution in [-0.2, 0) is 11.2 Å². The zero-order valence-electron chi connectivity index (χ0n) is 16.6. The number of benzene rings is 3. The van der Waals surface area contributed by atoms with Gasteiger partial charge in [0.05, 0.1) is 12.1 Å². The summed E-state index contributed by atoms with van der Waals surface area (Å²) in [6.45, 7) is 0. The van der Waals surface area contributed by atoms with E-state index in [-0.39, 0.29) is 5.91 Å². The summed E-state index contributed by atoms with van der Waals surface area (Å²) in [6.07, 6.45) is 1.87. The minimum absolute atomic E-state index is 0.0631. The van der Waals surface area contributed by atoms with Crippen LogP contribution in [0, 0.1) is 0 Å². The molecule has 0 fully saturated rings. The lowest BCUT2D eigenvalue weighted by molar-refractivity contribution is -0.115. The summed E-state index contributed by atoms with van der Waals surface area (Å²) in [5.74, 6) is -0.0631. The lowest BCUT2D eigenvalue weighted by atomic mass is 10.0. The molecule has 150 valence electrons. The number of carbonyl (C=O) groups excluding carboxylic acids is 1. The van der Waals surface area contributed by atoms with Crippen LogP contribution >= 0.6 is 0 Å². The maximum Gasteiger partial charge on any atom is 0.228 e. The van der Waals surface area contributed by atoms with Gasteiger partial charge in [-0.3, -0.25) is 4.79 Å². The fourth-order valence-corrected chi connectivity index (χ4v) is 3.47. The van der Waals surface area contributed by atoms with E-state index in [1.165, 1.54) is 0 Å². The first-order chi connectivity index (χ1) is 15.2. The van der Waals surface area contributed by atoms with Crippen molar-refractivity contribution in [3.63, 3.8) is 0 Å². The Bertz CT molecular complexity index is 1340. The molecule has 6 heteroatoms. The number of amides is 1. The van der Waals surface area contributed by atoms with Crippen LogP contribution in [0.1, 0.15) is 5.56 Å². The van der Waals surface area contributed by atoms with Crippen LogP contribution in [0.5, 0.6) is 0 Å². The van der Waals surface area contributed by atoms with E-state index in [1.807, 2.05) is 78.9 Å². The van der Waals surface area contributed by atoms with Crippen LogP contribution in [0.25, 0.3) is 28.0 Å². The molecule has 1 N–H and O–H groups in total. The molecule has 5 aromatic rings. The van der Waals surface area contributed by atoms with Crippen LogP contribution in [0.15, 0.2) is 97.3 Å². The molecular weight excluding hydrogens is 386 g/mol. The minimum atomic E-state index is -0.0631. The second kappa shape index (κ2) is 8.20. The Labute approximate surface area is 179 Å². The van der Waals surface area contributed by atoms with Crippen LogP contribution in [0.3, 0.4) is 0 Å². The molecule has 0 bridgehead atoms. The highest BCUT2D eigenvalue weighted by molar-refractivity contribution is 5.93. The maximum atomic E-state index is 12.6. The molecule has 0 saturated carbocycles. The van der Waals surface area contributed by atoms with E-state index in [2.05, 4.69) is 32.7 Å². The smallest absolute Gasteiger partial charge is 0.228 e. The number of carbonyl (C=O) groups is 1. The van der Waals surface area contributed by atoms with Gasteiger partial charge < -0.3 is 5.32 Å². The number of rotatable bonds is 5.